The average Bonchev–Trinajstić information content (AvgIpc) is 2.55. The quantitative estimate of drug-likeness (QED) is 0.649. The van der Waals surface area contributed by atoms with Gasteiger partial charge < -0.3 is 16.2 Å². The van der Waals surface area contributed by atoms with Crippen LogP contribution in [0.2, 0.25) is 5.02 Å². The number of nitrogens with two attached hydrogens (primary N) is 2. The normalized spacial score (nSPS) is 24.0. The molecule has 0 aliphatic heterocycles. The molecule has 2 atom stereocenters. The largest absolute Gasteiger partial charge is 0.482 e. The zero-order valence-electron chi connectivity index (χ0n) is 14.1. The van der Waals surface area contributed by atoms with Crippen molar-refractivity contribution in [2.24, 2.45) is 17.4 Å². The Kier molecular flexibility index (Phi) is 6.31. The SMILES string of the molecule is CC1CCCCC1(CN)NS(=O)(=O)c1cc(Cl)ccc1OCC(N)=O. The number of hydrogen-bond acceptors (Lipinski definition) is 5. The third-order valence-electron chi connectivity index (χ3n) is 4.72. The molecule has 1 aliphatic carbocycles. The summed E-state index contributed by atoms with van der Waals surface area (Å²) in [6, 6.07) is 4.18. The van der Waals surface area contributed by atoms with Gasteiger partial charge in [0.2, 0.25) is 10.0 Å². The van der Waals surface area contributed by atoms with Gasteiger partial charge in [-0.15, -0.1) is 0 Å². The van der Waals surface area contributed by atoms with Crippen molar-refractivity contribution in [1.29, 1.82) is 0 Å². The van der Waals surface area contributed by atoms with E-state index in [9.17, 15) is 13.2 Å². The van der Waals surface area contributed by atoms with E-state index in [2.05, 4.69) is 4.72 Å². The number of halogens is 1. The van der Waals surface area contributed by atoms with Crippen LogP contribution in [0.25, 0.3) is 0 Å². The van der Waals surface area contributed by atoms with Crippen molar-refractivity contribution in [2.75, 3.05) is 13.2 Å². The predicted molar refractivity (Wildman–Crippen MR) is 95.9 cm³/mol. The highest BCUT2D eigenvalue weighted by molar-refractivity contribution is 7.89. The molecule has 9 heteroatoms. The number of carbonyl (C=O) groups is 1. The van der Waals surface area contributed by atoms with Gasteiger partial charge in [-0.3, -0.25) is 4.79 Å². The van der Waals surface area contributed by atoms with E-state index < -0.39 is 28.1 Å². The van der Waals surface area contributed by atoms with Crippen molar-refractivity contribution in [3.63, 3.8) is 0 Å². The van der Waals surface area contributed by atoms with Crippen LogP contribution >= 0.6 is 11.6 Å². The molecule has 5 N–H and O–H groups in total. The van der Waals surface area contributed by atoms with Crippen molar-refractivity contribution >= 4 is 27.5 Å². The zero-order valence-corrected chi connectivity index (χ0v) is 15.7. The summed E-state index contributed by atoms with van der Waals surface area (Å²) in [7, 11) is -3.96. The summed E-state index contributed by atoms with van der Waals surface area (Å²) in [5, 5.41) is 0.241. The topological polar surface area (TPSA) is 125 Å². The Morgan fingerprint density at radius 3 is 2.76 bits per heavy atom. The van der Waals surface area contributed by atoms with Crippen LogP contribution in [-0.4, -0.2) is 33.0 Å². The monoisotopic (exact) mass is 389 g/mol. The van der Waals surface area contributed by atoms with Crippen molar-refractivity contribution in [3.05, 3.63) is 23.2 Å². The van der Waals surface area contributed by atoms with Gasteiger partial charge in [0.1, 0.15) is 10.6 Å². The molecular weight excluding hydrogens is 366 g/mol. The Bertz CT molecular complexity index is 741. The highest BCUT2D eigenvalue weighted by atomic mass is 35.5. The van der Waals surface area contributed by atoms with Crippen LogP contribution in [0, 0.1) is 5.92 Å². The summed E-state index contributed by atoms with van der Waals surface area (Å²) < 4.78 is 34.0. The number of benzene rings is 1. The summed E-state index contributed by atoms with van der Waals surface area (Å²) in [5.74, 6) is -0.577. The molecule has 1 fully saturated rings. The Balaban J connectivity index is 2.38. The molecule has 140 valence electrons. The first-order chi connectivity index (χ1) is 11.7. The minimum absolute atomic E-state index is 0.0198. The zero-order chi connectivity index (χ0) is 18.7. The number of primary amides is 1. The van der Waals surface area contributed by atoms with E-state index in [0.717, 1.165) is 19.3 Å². The van der Waals surface area contributed by atoms with Gasteiger partial charge in [0.15, 0.2) is 6.61 Å². The van der Waals surface area contributed by atoms with E-state index in [1.807, 2.05) is 6.92 Å². The molecule has 0 radical (unpaired) electrons. The lowest BCUT2D eigenvalue weighted by Gasteiger charge is -2.42. The lowest BCUT2D eigenvalue weighted by molar-refractivity contribution is -0.120. The van der Waals surface area contributed by atoms with Gasteiger partial charge in [0.05, 0.1) is 0 Å². The molecule has 1 amide bonds. The maximum absolute atomic E-state index is 13.0. The van der Waals surface area contributed by atoms with Gasteiger partial charge in [0.25, 0.3) is 5.91 Å². The Labute approximate surface area is 153 Å². The summed E-state index contributed by atoms with van der Waals surface area (Å²) in [6.07, 6.45) is 3.53. The fourth-order valence-electron chi connectivity index (χ4n) is 3.19. The van der Waals surface area contributed by atoms with E-state index in [-0.39, 0.29) is 28.1 Å². The lowest BCUT2D eigenvalue weighted by Crippen LogP contribution is -2.58. The smallest absolute Gasteiger partial charge is 0.255 e. The molecule has 0 bridgehead atoms. The molecule has 0 saturated heterocycles. The first-order valence-electron chi connectivity index (χ1n) is 8.15. The number of carbonyl (C=O) groups excluding carboxylic acids is 1. The third-order valence-corrected chi connectivity index (χ3v) is 6.53. The van der Waals surface area contributed by atoms with E-state index in [4.69, 9.17) is 27.8 Å². The summed E-state index contributed by atoms with van der Waals surface area (Å²) in [4.78, 5) is 10.8. The summed E-state index contributed by atoms with van der Waals surface area (Å²) in [5.41, 5.74) is 10.3. The van der Waals surface area contributed by atoms with Crippen LogP contribution in [0.15, 0.2) is 23.1 Å². The van der Waals surface area contributed by atoms with Crippen molar-refractivity contribution in [3.8, 4) is 5.75 Å². The van der Waals surface area contributed by atoms with Crippen LogP contribution in [0.4, 0.5) is 0 Å². The minimum atomic E-state index is -3.96. The van der Waals surface area contributed by atoms with Crippen LogP contribution in [0.3, 0.4) is 0 Å². The third kappa shape index (κ3) is 4.63. The average molecular weight is 390 g/mol. The number of ether oxygens (including phenoxy) is 1. The lowest BCUT2D eigenvalue weighted by atomic mass is 9.74. The fourth-order valence-corrected chi connectivity index (χ4v) is 5.14. The van der Waals surface area contributed by atoms with Crippen LogP contribution < -0.4 is 20.9 Å². The fraction of sp³-hybridized carbons (Fsp3) is 0.562. The van der Waals surface area contributed by atoms with E-state index in [1.54, 1.807) is 0 Å². The van der Waals surface area contributed by atoms with Crippen molar-refractivity contribution < 1.29 is 17.9 Å². The number of hydrogen-bond donors (Lipinski definition) is 3. The number of sulfonamides is 1. The highest BCUT2D eigenvalue weighted by Crippen LogP contribution is 2.36. The standard InChI is InChI=1S/C16H24ClN3O4S/c1-11-4-2-3-7-16(11,10-18)20-25(22,23)14-8-12(17)5-6-13(14)24-9-15(19)21/h5-6,8,11,20H,2-4,7,9-10,18H2,1H3,(H2,19,21). The molecule has 1 aromatic carbocycles. The van der Waals surface area contributed by atoms with Gasteiger partial charge in [-0.05, 0) is 37.0 Å². The number of nitrogens with one attached hydrogen (secondary N) is 1. The van der Waals surface area contributed by atoms with Crippen molar-refractivity contribution in [2.45, 2.75) is 43.0 Å². The van der Waals surface area contributed by atoms with Gasteiger partial charge in [-0.2, -0.15) is 0 Å². The van der Waals surface area contributed by atoms with Gasteiger partial charge in [-0.1, -0.05) is 31.4 Å². The molecule has 0 heterocycles. The van der Waals surface area contributed by atoms with Gasteiger partial charge >= 0.3 is 0 Å². The van der Waals surface area contributed by atoms with Crippen LogP contribution in [0.1, 0.15) is 32.6 Å². The first kappa shape index (κ1) is 20.0. The molecule has 1 aliphatic rings. The molecule has 0 spiro atoms. The van der Waals surface area contributed by atoms with Crippen molar-refractivity contribution in [1.82, 2.24) is 4.72 Å². The summed E-state index contributed by atoms with van der Waals surface area (Å²) >= 11 is 5.96. The molecule has 7 nitrogen and oxygen atoms in total. The van der Waals surface area contributed by atoms with E-state index >= 15 is 0 Å². The molecule has 25 heavy (non-hydrogen) atoms. The van der Waals surface area contributed by atoms with Gasteiger partial charge in [0, 0.05) is 17.1 Å². The van der Waals surface area contributed by atoms with Gasteiger partial charge in [-0.25, -0.2) is 13.1 Å². The van der Waals surface area contributed by atoms with Crippen LogP contribution in [0.5, 0.6) is 5.75 Å². The second kappa shape index (κ2) is 7.90. The Hall–Kier alpha value is -1.35. The molecule has 2 unspecified atom stereocenters. The maximum Gasteiger partial charge on any atom is 0.255 e. The number of rotatable bonds is 7. The minimum Gasteiger partial charge on any atom is -0.482 e. The van der Waals surface area contributed by atoms with Crippen LogP contribution in [-0.2, 0) is 14.8 Å². The second-order valence-electron chi connectivity index (χ2n) is 6.46. The summed E-state index contributed by atoms with van der Waals surface area (Å²) in [6.45, 7) is 1.77. The predicted octanol–water partition coefficient (Wildman–Crippen LogP) is 1.39. The van der Waals surface area contributed by atoms with E-state index in [1.165, 1.54) is 18.2 Å². The van der Waals surface area contributed by atoms with E-state index in [0.29, 0.717) is 6.42 Å². The molecule has 1 aromatic rings. The molecular formula is C16H24ClN3O4S. The molecule has 2 rings (SSSR count). The first-order valence-corrected chi connectivity index (χ1v) is 10.0. The molecule has 1 saturated carbocycles. The number of amides is 1. The molecule has 0 aromatic heterocycles. The second-order valence-corrected chi connectivity index (χ2v) is 8.55. The maximum atomic E-state index is 13.0. The Morgan fingerprint density at radius 1 is 1.44 bits per heavy atom. The Morgan fingerprint density at radius 2 is 2.16 bits per heavy atom. The highest BCUT2D eigenvalue weighted by Gasteiger charge is 2.41.